The molecular weight excluding hydrogens is 304 g/mol. The van der Waals surface area contributed by atoms with Gasteiger partial charge in [-0.1, -0.05) is 11.6 Å². The molecule has 1 atom stereocenters. The van der Waals surface area contributed by atoms with Crippen molar-refractivity contribution in [3.8, 4) is 0 Å². The molecular formula is C11H17ClN4O3S. The number of sulfonamides is 1. The quantitative estimate of drug-likeness (QED) is 0.611. The molecule has 1 saturated heterocycles. The summed E-state index contributed by atoms with van der Waals surface area (Å²) < 4.78 is 31.4. The Kier molecular flexibility index (Phi) is 4.82. The number of nitrogen functional groups attached to an aromatic ring is 1. The molecule has 0 spiro atoms. The predicted molar refractivity (Wildman–Crippen MR) is 75.8 cm³/mol. The molecule has 0 bridgehead atoms. The second kappa shape index (κ2) is 6.23. The maximum absolute atomic E-state index is 12.5. The number of aromatic nitrogens is 1. The first kappa shape index (κ1) is 15.5. The van der Waals surface area contributed by atoms with E-state index in [-0.39, 0.29) is 21.7 Å². The zero-order chi connectivity index (χ0) is 14.8. The molecule has 0 amide bonds. The van der Waals surface area contributed by atoms with Crippen molar-refractivity contribution >= 4 is 27.4 Å². The average molecular weight is 321 g/mol. The van der Waals surface area contributed by atoms with Crippen LogP contribution < -0.4 is 11.3 Å². The maximum Gasteiger partial charge on any atom is 0.244 e. The highest BCUT2D eigenvalue weighted by molar-refractivity contribution is 7.89. The minimum atomic E-state index is -3.58. The van der Waals surface area contributed by atoms with Gasteiger partial charge in [-0.2, -0.15) is 4.31 Å². The Labute approximate surface area is 123 Å². The van der Waals surface area contributed by atoms with Gasteiger partial charge in [0, 0.05) is 26.4 Å². The molecule has 112 valence electrons. The fraction of sp³-hybridized carbons (Fsp3) is 0.545. The van der Waals surface area contributed by atoms with Gasteiger partial charge in [-0.05, 0) is 18.4 Å². The van der Waals surface area contributed by atoms with Crippen LogP contribution in [0.25, 0.3) is 0 Å². The van der Waals surface area contributed by atoms with Gasteiger partial charge in [0.15, 0.2) is 5.82 Å². The highest BCUT2D eigenvalue weighted by Gasteiger charge is 2.33. The molecule has 0 radical (unpaired) electrons. The van der Waals surface area contributed by atoms with Crippen LogP contribution in [0.3, 0.4) is 0 Å². The monoisotopic (exact) mass is 320 g/mol. The molecule has 1 aliphatic rings. The van der Waals surface area contributed by atoms with E-state index in [4.69, 9.17) is 22.2 Å². The van der Waals surface area contributed by atoms with Crippen LogP contribution in [-0.2, 0) is 14.8 Å². The number of halogens is 1. The Balaban J connectivity index is 2.21. The standard InChI is InChI=1S/C11H17ClN4O3S/c1-19-7-8-2-3-16(6-8)20(17,18)9-4-10(12)11(15-13)14-5-9/h4-5,8H,2-3,6-7,13H2,1H3,(H,14,15). The molecule has 1 aromatic heterocycles. The van der Waals surface area contributed by atoms with Gasteiger partial charge in [0.05, 0.1) is 11.6 Å². The molecule has 0 aliphatic carbocycles. The molecule has 2 rings (SSSR count). The summed E-state index contributed by atoms with van der Waals surface area (Å²) in [5.74, 6) is 5.68. The largest absolute Gasteiger partial charge is 0.384 e. The Bertz CT molecular complexity index is 581. The van der Waals surface area contributed by atoms with Gasteiger partial charge in [0.25, 0.3) is 0 Å². The summed E-state index contributed by atoms with van der Waals surface area (Å²) in [5, 5.41) is 0.168. The molecule has 3 N–H and O–H groups in total. The molecule has 1 aliphatic heterocycles. The fourth-order valence-corrected chi connectivity index (χ4v) is 3.99. The highest BCUT2D eigenvalue weighted by Crippen LogP contribution is 2.27. The van der Waals surface area contributed by atoms with Crippen LogP contribution in [0.15, 0.2) is 17.2 Å². The van der Waals surface area contributed by atoms with Crippen LogP contribution in [0.4, 0.5) is 5.82 Å². The third-order valence-electron chi connectivity index (χ3n) is 3.24. The van der Waals surface area contributed by atoms with Crippen LogP contribution in [-0.4, -0.2) is 44.5 Å². The summed E-state index contributed by atoms with van der Waals surface area (Å²) in [4.78, 5) is 3.96. The number of ether oxygens (including phenoxy) is 1. The van der Waals surface area contributed by atoms with E-state index in [0.717, 1.165) is 6.42 Å². The van der Waals surface area contributed by atoms with Crippen LogP contribution in [0.1, 0.15) is 6.42 Å². The van der Waals surface area contributed by atoms with Crippen molar-refractivity contribution in [3.63, 3.8) is 0 Å². The first-order valence-electron chi connectivity index (χ1n) is 6.10. The fourth-order valence-electron chi connectivity index (χ4n) is 2.20. The molecule has 0 saturated carbocycles. The van der Waals surface area contributed by atoms with E-state index in [9.17, 15) is 8.42 Å². The molecule has 1 aromatic rings. The smallest absolute Gasteiger partial charge is 0.244 e. The molecule has 2 heterocycles. The third-order valence-corrected chi connectivity index (χ3v) is 5.36. The van der Waals surface area contributed by atoms with E-state index in [1.807, 2.05) is 0 Å². The van der Waals surface area contributed by atoms with Crippen molar-refractivity contribution in [2.45, 2.75) is 11.3 Å². The predicted octanol–water partition coefficient (Wildman–Crippen LogP) is 0.678. The zero-order valence-corrected chi connectivity index (χ0v) is 12.6. The van der Waals surface area contributed by atoms with Crippen molar-refractivity contribution < 1.29 is 13.2 Å². The van der Waals surface area contributed by atoms with Gasteiger partial charge in [0.2, 0.25) is 10.0 Å². The number of nitrogens with two attached hydrogens (primary N) is 1. The summed E-state index contributed by atoms with van der Waals surface area (Å²) in [6.45, 7) is 1.48. The van der Waals surface area contributed by atoms with Gasteiger partial charge in [0.1, 0.15) is 4.90 Å². The molecule has 1 fully saturated rings. The molecule has 20 heavy (non-hydrogen) atoms. The molecule has 9 heteroatoms. The van der Waals surface area contributed by atoms with Gasteiger partial charge < -0.3 is 10.2 Å². The van der Waals surface area contributed by atoms with Crippen molar-refractivity contribution in [2.24, 2.45) is 11.8 Å². The summed E-state index contributed by atoms with van der Waals surface area (Å²) in [6.07, 6.45) is 2.04. The van der Waals surface area contributed by atoms with E-state index < -0.39 is 10.0 Å². The number of pyridine rings is 1. The second-order valence-corrected chi connectivity index (χ2v) is 6.96. The van der Waals surface area contributed by atoms with Gasteiger partial charge in [-0.25, -0.2) is 19.2 Å². The highest BCUT2D eigenvalue weighted by atomic mass is 35.5. The Morgan fingerprint density at radius 2 is 2.40 bits per heavy atom. The Morgan fingerprint density at radius 3 is 3.00 bits per heavy atom. The van der Waals surface area contributed by atoms with Crippen molar-refractivity contribution in [2.75, 3.05) is 32.2 Å². The first-order valence-corrected chi connectivity index (χ1v) is 7.92. The number of methoxy groups -OCH3 is 1. The number of hydrogen-bond donors (Lipinski definition) is 2. The molecule has 1 unspecified atom stereocenters. The van der Waals surface area contributed by atoms with Gasteiger partial charge >= 0.3 is 0 Å². The molecule has 7 nitrogen and oxygen atoms in total. The summed E-state index contributed by atoms with van der Waals surface area (Å²) in [6, 6.07) is 1.35. The summed E-state index contributed by atoms with van der Waals surface area (Å²) >= 11 is 5.91. The van der Waals surface area contributed by atoms with Crippen LogP contribution in [0.5, 0.6) is 0 Å². The minimum absolute atomic E-state index is 0.0690. The lowest BCUT2D eigenvalue weighted by Crippen LogP contribution is -2.29. The lowest BCUT2D eigenvalue weighted by Gasteiger charge is -2.16. The average Bonchev–Trinajstić information content (AvgIpc) is 2.88. The maximum atomic E-state index is 12.5. The zero-order valence-electron chi connectivity index (χ0n) is 11.0. The van der Waals surface area contributed by atoms with Gasteiger partial charge in [-0.3, -0.25) is 0 Å². The number of anilines is 1. The van der Waals surface area contributed by atoms with Crippen LogP contribution >= 0.6 is 11.6 Å². The second-order valence-electron chi connectivity index (χ2n) is 4.62. The van der Waals surface area contributed by atoms with Crippen molar-refractivity contribution in [1.29, 1.82) is 0 Å². The lowest BCUT2D eigenvalue weighted by molar-refractivity contribution is 0.157. The third kappa shape index (κ3) is 3.04. The van der Waals surface area contributed by atoms with Gasteiger partial charge in [-0.15, -0.1) is 0 Å². The normalized spacial score (nSPS) is 20.2. The van der Waals surface area contributed by atoms with Crippen LogP contribution in [0.2, 0.25) is 5.02 Å². The van der Waals surface area contributed by atoms with Crippen molar-refractivity contribution in [3.05, 3.63) is 17.3 Å². The summed E-state index contributed by atoms with van der Waals surface area (Å²) in [5.41, 5.74) is 2.30. The number of nitrogens with zero attached hydrogens (tertiary/aromatic N) is 2. The van der Waals surface area contributed by atoms with E-state index in [1.165, 1.54) is 16.6 Å². The molecule has 0 aromatic carbocycles. The minimum Gasteiger partial charge on any atom is -0.384 e. The first-order chi connectivity index (χ1) is 9.48. The Morgan fingerprint density at radius 1 is 1.65 bits per heavy atom. The van der Waals surface area contributed by atoms with E-state index in [0.29, 0.717) is 19.7 Å². The van der Waals surface area contributed by atoms with Crippen molar-refractivity contribution in [1.82, 2.24) is 9.29 Å². The number of nitrogens with one attached hydrogen (secondary N) is 1. The van der Waals surface area contributed by atoms with E-state index in [1.54, 1.807) is 7.11 Å². The number of rotatable bonds is 5. The van der Waals surface area contributed by atoms with E-state index in [2.05, 4.69) is 10.4 Å². The topological polar surface area (TPSA) is 97.5 Å². The number of hydrogen-bond acceptors (Lipinski definition) is 6. The SMILES string of the molecule is COCC1CCN(S(=O)(=O)c2cnc(NN)c(Cl)c2)C1. The van der Waals surface area contributed by atoms with E-state index >= 15 is 0 Å². The lowest BCUT2D eigenvalue weighted by atomic mass is 10.1. The Hall–Kier alpha value is -0.930. The van der Waals surface area contributed by atoms with Crippen LogP contribution in [0, 0.1) is 5.92 Å². The summed E-state index contributed by atoms with van der Waals surface area (Å²) in [7, 11) is -1.96. The number of hydrazine groups is 1.